The lowest BCUT2D eigenvalue weighted by Gasteiger charge is -2.20. The van der Waals surface area contributed by atoms with Crippen LogP contribution in [0.3, 0.4) is 0 Å². The molecule has 1 atom stereocenters. The van der Waals surface area contributed by atoms with E-state index in [1.165, 1.54) is 6.07 Å². The van der Waals surface area contributed by atoms with Crippen LogP contribution in [0, 0.1) is 6.92 Å². The number of nitrogen functional groups attached to an aromatic ring is 1. The molecule has 0 radical (unpaired) electrons. The number of nitrogens with one attached hydrogen (secondary N) is 1. The van der Waals surface area contributed by atoms with Gasteiger partial charge in [-0.3, -0.25) is 0 Å². The van der Waals surface area contributed by atoms with Gasteiger partial charge in [-0.2, -0.15) is 0 Å². The number of sulfonamides is 1. The van der Waals surface area contributed by atoms with Gasteiger partial charge >= 0.3 is 0 Å². The molecule has 5 nitrogen and oxygen atoms in total. The molecule has 0 amide bonds. The zero-order valence-corrected chi connectivity index (χ0v) is 12.1. The van der Waals surface area contributed by atoms with Crippen LogP contribution in [0.25, 0.3) is 0 Å². The van der Waals surface area contributed by atoms with Gasteiger partial charge < -0.3 is 10.6 Å². The average Bonchev–Trinajstić information content (AvgIpc) is 2.25. The van der Waals surface area contributed by atoms with Gasteiger partial charge in [0.15, 0.2) is 0 Å². The number of aryl methyl sites for hydroxylation is 1. The summed E-state index contributed by atoms with van der Waals surface area (Å²) in [5, 5.41) is 0. The van der Waals surface area contributed by atoms with E-state index < -0.39 is 10.0 Å². The van der Waals surface area contributed by atoms with Gasteiger partial charge in [0.25, 0.3) is 0 Å². The van der Waals surface area contributed by atoms with Gasteiger partial charge in [0.1, 0.15) is 4.90 Å². The number of nitrogens with two attached hydrogens (primary N) is 1. The Hall–Kier alpha value is -1.11. The summed E-state index contributed by atoms with van der Waals surface area (Å²) in [7, 11) is 0.266. The largest absolute Gasteiger partial charge is 0.398 e. The van der Waals surface area contributed by atoms with E-state index in [4.69, 9.17) is 5.73 Å². The average molecular weight is 271 g/mol. The van der Waals surface area contributed by atoms with Crippen LogP contribution in [0.15, 0.2) is 23.1 Å². The third-order valence-corrected chi connectivity index (χ3v) is 4.40. The molecule has 0 saturated heterocycles. The number of likely N-dealkylation sites (N-methyl/N-ethyl adjacent to an activating group) is 1. The lowest BCUT2D eigenvalue weighted by Crippen LogP contribution is -2.38. The molecule has 0 fully saturated rings. The van der Waals surface area contributed by atoms with E-state index in [9.17, 15) is 8.42 Å². The Morgan fingerprint density at radius 3 is 2.50 bits per heavy atom. The van der Waals surface area contributed by atoms with Gasteiger partial charge in [-0.25, -0.2) is 13.1 Å². The second kappa shape index (κ2) is 5.69. The Morgan fingerprint density at radius 2 is 2.00 bits per heavy atom. The van der Waals surface area contributed by atoms with E-state index in [0.29, 0.717) is 6.54 Å². The van der Waals surface area contributed by atoms with Crippen molar-refractivity contribution < 1.29 is 8.42 Å². The van der Waals surface area contributed by atoms with Crippen LogP contribution in [0.1, 0.15) is 12.5 Å². The Bertz CT molecular complexity index is 512. The van der Waals surface area contributed by atoms with Gasteiger partial charge in [-0.05, 0) is 45.6 Å². The highest BCUT2D eigenvalue weighted by atomic mass is 32.2. The molecule has 18 heavy (non-hydrogen) atoms. The van der Waals surface area contributed by atoms with Crippen LogP contribution in [0.2, 0.25) is 0 Å². The van der Waals surface area contributed by atoms with E-state index in [1.54, 1.807) is 12.1 Å². The molecule has 3 N–H and O–H groups in total. The topological polar surface area (TPSA) is 75.4 Å². The summed E-state index contributed by atoms with van der Waals surface area (Å²) in [4.78, 5) is 2.08. The normalized spacial score (nSPS) is 13.8. The first-order valence-electron chi connectivity index (χ1n) is 5.76. The molecule has 6 heteroatoms. The van der Waals surface area contributed by atoms with Gasteiger partial charge in [0, 0.05) is 12.6 Å². The molecule has 102 valence electrons. The second-order valence-electron chi connectivity index (χ2n) is 4.71. The van der Waals surface area contributed by atoms with Crippen molar-refractivity contribution in [1.29, 1.82) is 0 Å². The molecular weight excluding hydrogens is 250 g/mol. The van der Waals surface area contributed by atoms with Crippen molar-refractivity contribution in [3.05, 3.63) is 23.8 Å². The van der Waals surface area contributed by atoms with Crippen molar-refractivity contribution in [2.45, 2.75) is 24.8 Å². The van der Waals surface area contributed by atoms with Crippen molar-refractivity contribution in [2.24, 2.45) is 0 Å². The molecule has 1 aromatic carbocycles. The molecule has 1 rings (SSSR count). The quantitative estimate of drug-likeness (QED) is 0.777. The van der Waals surface area contributed by atoms with Crippen LogP contribution in [0.4, 0.5) is 5.69 Å². The maximum Gasteiger partial charge on any atom is 0.242 e. The van der Waals surface area contributed by atoms with Crippen LogP contribution in [0.5, 0.6) is 0 Å². The first-order chi connectivity index (χ1) is 8.24. The highest BCUT2D eigenvalue weighted by Crippen LogP contribution is 2.19. The Labute approximate surface area is 109 Å². The lowest BCUT2D eigenvalue weighted by molar-refractivity contribution is 0.314. The lowest BCUT2D eigenvalue weighted by atomic mass is 10.2. The number of anilines is 1. The van der Waals surface area contributed by atoms with Crippen molar-refractivity contribution in [1.82, 2.24) is 9.62 Å². The third kappa shape index (κ3) is 3.69. The molecule has 0 aliphatic rings. The molecule has 1 aromatic rings. The summed E-state index contributed by atoms with van der Waals surface area (Å²) in [6.45, 7) is 4.16. The zero-order valence-electron chi connectivity index (χ0n) is 11.3. The smallest absolute Gasteiger partial charge is 0.242 e. The van der Waals surface area contributed by atoms with Crippen molar-refractivity contribution in [3.8, 4) is 0 Å². The number of benzene rings is 1. The van der Waals surface area contributed by atoms with Crippen LogP contribution >= 0.6 is 0 Å². The van der Waals surface area contributed by atoms with Gasteiger partial charge in [0.05, 0.1) is 5.69 Å². The molecule has 0 heterocycles. The Kier molecular flexibility index (Phi) is 4.72. The number of nitrogens with zero attached hydrogens (tertiary/aromatic N) is 1. The third-order valence-electron chi connectivity index (χ3n) is 2.91. The number of hydrogen-bond acceptors (Lipinski definition) is 4. The fourth-order valence-corrected chi connectivity index (χ4v) is 2.64. The highest BCUT2D eigenvalue weighted by molar-refractivity contribution is 7.89. The van der Waals surface area contributed by atoms with Crippen LogP contribution < -0.4 is 10.5 Å². The minimum absolute atomic E-state index is 0.117. The van der Waals surface area contributed by atoms with Gasteiger partial charge in [0.2, 0.25) is 10.0 Å². The maximum absolute atomic E-state index is 12.1. The first kappa shape index (κ1) is 14.9. The molecule has 0 spiro atoms. The second-order valence-corrected chi connectivity index (χ2v) is 6.44. The summed E-state index contributed by atoms with van der Waals surface area (Å²) >= 11 is 0. The predicted molar refractivity (Wildman–Crippen MR) is 73.9 cm³/mol. The molecule has 0 aliphatic heterocycles. The monoisotopic (exact) mass is 271 g/mol. The summed E-state index contributed by atoms with van der Waals surface area (Å²) < 4.78 is 26.7. The molecule has 1 unspecified atom stereocenters. The van der Waals surface area contributed by atoms with Crippen molar-refractivity contribution >= 4 is 15.7 Å². The van der Waals surface area contributed by atoms with E-state index in [0.717, 1.165) is 5.56 Å². The van der Waals surface area contributed by atoms with Crippen LogP contribution in [-0.4, -0.2) is 40.0 Å². The van der Waals surface area contributed by atoms with E-state index in [-0.39, 0.29) is 16.6 Å². The summed E-state index contributed by atoms with van der Waals surface area (Å²) in [6.07, 6.45) is 0. The molecule has 0 aliphatic carbocycles. The summed E-state index contributed by atoms with van der Waals surface area (Å²) in [5.74, 6) is 0. The molecule has 0 saturated carbocycles. The first-order valence-corrected chi connectivity index (χ1v) is 7.24. The molecule has 0 aromatic heterocycles. The minimum atomic E-state index is -3.54. The van der Waals surface area contributed by atoms with Crippen molar-refractivity contribution in [3.63, 3.8) is 0 Å². The zero-order chi connectivity index (χ0) is 13.9. The minimum Gasteiger partial charge on any atom is -0.398 e. The Morgan fingerprint density at radius 1 is 1.39 bits per heavy atom. The number of hydrogen-bond donors (Lipinski definition) is 2. The standard InChI is InChI=1S/C12H21N3O2S/c1-9-5-6-12(11(13)7-9)18(16,17)14-8-10(2)15(3)4/h5-7,10,14H,8,13H2,1-4H3. The molecular formula is C12H21N3O2S. The fourth-order valence-electron chi connectivity index (χ4n) is 1.40. The Balaban J connectivity index is 2.87. The summed E-state index contributed by atoms with van der Waals surface area (Å²) in [6, 6.07) is 5.05. The van der Waals surface area contributed by atoms with E-state index in [2.05, 4.69) is 4.72 Å². The van der Waals surface area contributed by atoms with Crippen LogP contribution in [-0.2, 0) is 10.0 Å². The van der Waals surface area contributed by atoms with E-state index in [1.807, 2.05) is 32.8 Å². The molecule has 0 bridgehead atoms. The summed E-state index contributed by atoms with van der Waals surface area (Å²) in [5.41, 5.74) is 6.96. The highest BCUT2D eigenvalue weighted by Gasteiger charge is 2.18. The fraction of sp³-hybridized carbons (Fsp3) is 0.500. The predicted octanol–water partition coefficient (Wildman–Crippen LogP) is 0.806. The maximum atomic E-state index is 12.1. The SMILES string of the molecule is Cc1ccc(S(=O)(=O)NCC(C)N(C)C)c(N)c1. The van der Waals surface area contributed by atoms with Gasteiger partial charge in [-0.1, -0.05) is 6.07 Å². The van der Waals surface area contributed by atoms with Gasteiger partial charge in [-0.15, -0.1) is 0 Å². The van der Waals surface area contributed by atoms with Crippen molar-refractivity contribution in [2.75, 3.05) is 26.4 Å². The van der Waals surface area contributed by atoms with E-state index >= 15 is 0 Å². The number of rotatable bonds is 5.